The van der Waals surface area contributed by atoms with Gasteiger partial charge in [-0.05, 0) is 36.4 Å². The third-order valence-electron chi connectivity index (χ3n) is 2.76. The summed E-state index contributed by atoms with van der Waals surface area (Å²) in [5.41, 5.74) is 3.80. The minimum atomic E-state index is -0.118. The van der Waals surface area contributed by atoms with E-state index in [4.69, 9.17) is 10.6 Å². The molecule has 0 radical (unpaired) electrons. The van der Waals surface area contributed by atoms with E-state index in [1.54, 1.807) is 0 Å². The Morgan fingerprint density at radius 3 is 2.94 bits per heavy atom. The first-order valence-corrected chi connectivity index (χ1v) is 6.62. The fraction of sp³-hybridized carbons (Fsp3) is 0.636. The van der Waals surface area contributed by atoms with Gasteiger partial charge >= 0.3 is 0 Å². The molecule has 0 aliphatic carbocycles. The molecule has 2 heterocycles. The molecule has 1 unspecified atom stereocenters. The maximum Gasteiger partial charge on any atom is 0.116 e. The highest BCUT2D eigenvalue weighted by molar-refractivity contribution is 7.05. The lowest BCUT2D eigenvalue weighted by Gasteiger charge is -2.23. The number of hydrazine groups is 1. The molecule has 0 saturated heterocycles. The Balaban J connectivity index is 2.28. The average molecular weight is 254 g/mol. The minimum absolute atomic E-state index is 0.118. The van der Waals surface area contributed by atoms with Crippen LogP contribution in [0.1, 0.15) is 49.2 Å². The van der Waals surface area contributed by atoms with E-state index >= 15 is 0 Å². The van der Waals surface area contributed by atoms with Gasteiger partial charge in [-0.1, -0.05) is 18.3 Å². The maximum absolute atomic E-state index is 5.66. The van der Waals surface area contributed by atoms with Gasteiger partial charge in [0.05, 0.1) is 17.2 Å². The number of rotatable bonds is 4. The summed E-state index contributed by atoms with van der Waals surface area (Å²) in [6, 6.07) is -0.118. The highest BCUT2D eigenvalue weighted by Crippen LogP contribution is 2.32. The van der Waals surface area contributed by atoms with Crippen molar-refractivity contribution in [3.05, 3.63) is 22.4 Å². The van der Waals surface area contributed by atoms with Gasteiger partial charge < -0.3 is 4.74 Å². The van der Waals surface area contributed by atoms with Crippen LogP contribution < -0.4 is 11.3 Å². The van der Waals surface area contributed by atoms with Crippen molar-refractivity contribution in [2.45, 2.75) is 38.6 Å². The van der Waals surface area contributed by atoms with Crippen LogP contribution in [0.5, 0.6) is 0 Å². The molecule has 6 heteroatoms. The summed E-state index contributed by atoms with van der Waals surface area (Å²) in [6.07, 6.45) is 4.20. The number of allylic oxidation sites excluding steroid dienone is 1. The Kier molecular flexibility index (Phi) is 4.09. The normalized spacial score (nSPS) is 17.8. The Morgan fingerprint density at radius 2 is 2.35 bits per heavy atom. The van der Waals surface area contributed by atoms with Crippen LogP contribution in [0.15, 0.2) is 11.8 Å². The minimum Gasteiger partial charge on any atom is -0.496 e. The van der Waals surface area contributed by atoms with Crippen LogP contribution in [0, 0.1) is 0 Å². The molecule has 1 aromatic heterocycles. The van der Waals surface area contributed by atoms with Gasteiger partial charge in [-0.2, -0.15) is 0 Å². The first-order valence-electron chi connectivity index (χ1n) is 5.85. The van der Waals surface area contributed by atoms with Crippen molar-refractivity contribution in [3.8, 4) is 0 Å². The second-order valence-electron chi connectivity index (χ2n) is 4.37. The molecule has 0 aromatic carbocycles. The predicted molar refractivity (Wildman–Crippen MR) is 67.3 cm³/mol. The monoisotopic (exact) mass is 254 g/mol. The third kappa shape index (κ3) is 2.65. The van der Waals surface area contributed by atoms with E-state index in [0.29, 0.717) is 5.92 Å². The van der Waals surface area contributed by atoms with E-state index in [1.807, 2.05) is 0 Å². The van der Waals surface area contributed by atoms with E-state index in [1.165, 1.54) is 11.5 Å². The van der Waals surface area contributed by atoms with Gasteiger partial charge in [0.25, 0.3) is 0 Å². The lowest BCUT2D eigenvalue weighted by Crippen LogP contribution is -2.31. The summed E-state index contributed by atoms with van der Waals surface area (Å²) in [4.78, 5) is 1.05. The van der Waals surface area contributed by atoms with Gasteiger partial charge in [-0.15, -0.1) is 5.10 Å². The molecule has 5 nitrogen and oxygen atoms in total. The highest BCUT2D eigenvalue weighted by atomic mass is 32.1. The Bertz CT molecular complexity index is 402. The molecule has 1 atom stereocenters. The fourth-order valence-electron chi connectivity index (χ4n) is 1.87. The van der Waals surface area contributed by atoms with E-state index in [0.717, 1.165) is 35.8 Å². The zero-order valence-corrected chi connectivity index (χ0v) is 11.0. The summed E-state index contributed by atoms with van der Waals surface area (Å²) in [5.74, 6) is 6.88. The number of nitrogens with zero attached hydrogens (tertiary/aromatic N) is 2. The van der Waals surface area contributed by atoms with Crippen molar-refractivity contribution in [1.29, 1.82) is 0 Å². The topological polar surface area (TPSA) is 73.1 Å². The van der Waals surface area contributed by atoms with E-state index < -0.39 is 0 Å². The number of nitrogens with one attached hydrogen (secondary N) is 1. The van der Waals surface area contributed by atoms with Crippen LogP contribution in [0.3, 0.4) is 0 Å². The van der Waals surface area contributed by atoms with Crippen molar-refractivity contribution in [3.63, 3.8) is 0 Å². The van der Waals surface area contributed by atoms with Crippen molar-refractivity contribution in [2.75, 3.05) is 6.61 Å². The second kappa shape index (κ2) is 5.57. The summed E-state index contributed by atoms with van der Waals surface area (Å²) in [6.45, 7) is 4.96. The standard InChI is InChI=1S/C11H18N4OS/c1-7(2)9-11(17-15-14-9)10(13-12)8-5-3-4-6-16-8/h5,7,10,13H,3-4,6,12H2,1-2H3. The van der Waals surface area contributed by atoms with Gasteiger partial charge in [0.1, 0.15) is 11.8 Å². The molecule has 17 heavy (non-hydrogen) atoms. The van der Waals surface area contributed by atoms with Crippen molar-refractivity contribution in [1.82, 2.24) is 15.0 Å². The number of hydrogen-bond donors (Lipinski definition) is 2. The largest absolute Gasteiger partial charge is 0.496 e. The molecule has 0 amide bonds. The first kappa shape index (κ1) is 12.5. The van der Waals surface area contributed by atoms with Crippen LogP contribution in [0.25, 0.3) is 0 Å². The van der Waals surface area contributed by atoms with Gasteiger partial charge in [-0.3, -0.25) is 5.84 Å². The van der Waals surface area contributed by atoms with Crippen molar-refractivity contribution in [2.24, 2.45) is 5.84 Å². The van der Waals surface area contributed by atoms with Gasteiger partial charge in [0.2, 0.25) is 0 Å². The fourth-order valence-corrected chi connectivity index (χ4v) is 2.75. The lowest BCUT2D eigenvalue weighted by atomic mass is 10.0. The molecule has 0 bridgehead atoms. The van der Waals surface area contributed by atoms with E-state index in [9.17, 15) is 0 Å². The second-order valence-corrected chi connectivity index (χ2v) is 5.16. The molecule has 94 valence electrons. The molecule has 1 aromatic rings. The Morgan fingerprint density at radius 1 is 1.53 bits per heavy atom. The van der Waals surface area contributed by atoms with Crippen LogP contribution in [0.2, 0.25) is 0 Å². The van der Waals surface area contributed by atoms with Gasteiger partial charge in [0.15, 0.2) is 0 Å². The molecule has 3 N–H and O–H groups in total. The molecule has 1 aliphatic heterocycles. The van der Waals surface area contributed by atoms with E-state index in [-0.39, 0.29) is 6.04 Å². The molecule has 0 spiro atoms. The lowest BCUT2D eigenvalue weighted by molar-refractivity contribution is 0.168. The van der Waals surface area contributed by atoms with E-state index in [2.05, 4.69) is 34.9 Å². The molecule has 2 rings (SSSR count). The SMILES string of the molecule is CC(C)c1nnsc1C(NN)C1=CCCCO1. The molecular formula is C11H18N4OS. The zero-order valence-electron chi connectivity index (χ0n) is 10.1. The average Bonchev–Trinajstić information content (AvgIpc) is 2.81. The number of hydrogen-bond acceptors (Lipinski definition) is 6. The quantitative estimate of drug-likeness (QED) is 0.634. The molecule has 1 aliphatic rings. The third-order valence-corrected chi connectivity index (χ3v) is 3.57. The Hall–Kier alpha value is -0.980. The molecule has 0 saturated carbocycles. The smallest absolute Gasteiger partial charge is 0.116 e. The van der Waals surface area contributed by atoms with Crippen LogP contribution in [-0.2, 0) is 4.74 Å². The highest BCUT2D eigenvalue weighted by Gasteiger charge is 2.25. The number of ether oxygens (including phenoxy) is 1. The van der Waals surface area contributed by atoms with Crippen LogP contribution >= 0.6 is 11.5 Å². The van der Waals surface area contributed by atoms with Crippen molar-refractivity contribution >= 4 is 11.5 Å². The number of nitrogens with two attached hydrogens (primary N) is 1. The van der Waals surface area contributed by atoms with Crippen molar-refractivity contribution < 1.29 is 4.74 Å². The summed E-state index contributed by atoms with van der Waals surface area (Å²) in [7, 11) is 0. The first-order chi connectivity index (χ1) is 8.24. The summed E-state index contributed by atoms with van der Waals surface area (Å²) in [5, 5.41) is 4.17. The Labute approximate surface area is 105 Å². The molecular weight excluding hydrogens is 236 g/mol. The maximum atomic E-state index is 5.66. The molecule has 0 fully saturated rings. The van der Waals surface area contributed by atoms with Crippen LogP contribution in [-0.4, -0.2) is 16.2 Å². The number of aromatic nitrogens is 2. The summed E-state index contributed by atoms with van der Waals surface area (Å²) < 4.78 is 9.68. The summed E-state index contributed by atoms with van der Waals surface area (Å²) >= 11 is 1.38. The van der Waals surface area contributed by atoms with Crippen LogP contribution in [0.4, 0.5) is 0 Å². The van der Waals surface area contributed by atoms with Gasteiger partial charge in [-0.25, -0.2) is 5.43 Å². The van der Waals surface area contributed by atoms with Gasteiger partial charge in [0, 0.05) is 0 Å². The predicted octanol–water partition coefficient (Wildman–Crippen LogP) is 1.86. The zero-order chi connectivity index (χ0) is 12.3.